The maximum Gasteiger partial charge on any atom is 0.254 e. The van der Waals surface area contributed by atoms with Crippen LogP contribution in [0.1, 0.15) is 5.56 Å². The second kappa shape index (κ2) is 7.69. The van der Waals surface area contributed by atoms with Gasteiger partial charge in [0.2, 0.25) is 0 Å². The summed E-state index contributed by atoms with van der Waals surface area (Å²) in [6.07, 6.45) is 2.86. The third-order valence-corrected chi connectivity index (χ3v) is 4.89. The van der Waals surface area contributed by atoms with Gasteiger partial charge in [-0.2, -0.15) is 5.12 Å². The fourth-order valence-corrected chi connectivity index (χ4v) is 3.27. The second-order valence-corrected chi connectivity index (χ2v) is 7.17. The third-order valence-electron chi connectivity index (χ3n) is 4.89. The van der Waals surface area contributed by atoms with Gasteiger partial charge in [0.15, 0.2) is 5.82 Å². The summed E-state index contributed by atoms with van der Waals surface area (Å²) in [7, 11) is 3.07. The van der Waals surface area contributed by atoms with E-state index in [-0.39, 0.29) is 5.95 Å². The summed E-state index contributed by atoms with van der Waals surface area (Å²) >= 11 is 0. The molecule has 0 bridgehead atoms. The van der Waals surface area contributed by atoms with Gasteiger partial charge in [-0.3, -0.25) is 0 Å². The van der Waals surface area contributed by atoms with E-state index in [9.17, 15) is 4.48 Å². The van der Waals surface area contributed by atoms with Gasteiger partial charge in [-0.25, -0.2) is 24.6 Å². The summed E-state index contributed by atoms with van der Waals surface area (Å²) < 4.78 is 21.3. The molecule has 32 heavy (non-hydrogen) atoms. The Morgan fingerprint density at radius 1 is 1.06 bits per heavy atom. The Kier molecular flexibility index (Phi) is 4.70. The lowest BCUT2D eigenvalue weighted by atomic mass is 10.2. The standard InChI is InChI=1S/C21H18FN9O/c1-12-8-13(26-20-19-16(24-11-25-20)10-23-21(27-19)30(2)22)4-7-18(12)32-14-5-6-17-15(9-14)28-29-31(17)3/h4-11H,1-3H3,(H,24,25,26). The minimum atomic E-state index is -0.0737. The van der Waals surface area contributed by atoms with Crippen molar-refractivity contribution in [3.63, 3.8) is 0 Å². The van der Waals surface area contributed by atoms with Crippen LogP contribution in [0.25, 0.3) is 22.1 Å². The van der Waals surface area contributed by atoms with Crippen molar-refractivity contribution < 1.29 is 9.22 Å². The monoisotopic (exact) mass is 431 g/mol. The van der Waals surface area contributed by atoms with Gasteiger partial charge in [0.05, 0.1) is 11.7 Å². The number of fused-ring (bicyclic) bond motifs is 2. The molecule has 0 aliphatic carbocycles. The lowest BCUT2D eigenvalue weighted by molar-refractivity contribution is 0.464. The molecule has 160 valence electrons. The van der Waals surface area contributed by atoms with Gasteiger partial charge in [-0.1, -0.05) is 9.69 Å². The highest BCUT2D eigenvalue weighted by atomic mass is 19.2. The van der Waals surface area contributed by atoms with Gasteiger partial charge >= 0.3 is 0 Å². The number of aryl methyl sites for hydroxylation is 2. The molecule has 0 unspecified atom stereocenters. The summed E-state index contributed by atoms with van der Waals surface area (Å²) in [4.78, 5) is 16.5. The predicted octanol–water partition coefficient (Wildman–Crippen LogP) is 3.87. The molecule has 11 heteroatoms. The number of nitrogens with one attached hydrogen (secondary N) is 1. The minimum Gasteiger partial charge on any atom is -0.457 e. The molecule has 1 N–H and O–H groups in total. The van der Waals surface area contributed by atoms with Gasteiger partial charge < -0.3 is 10.1 Å². The Labute approximate surface area is 181 Å². The molecule has 5 rings (SSSR count). The highest BCUT2D eigenvalue weighted by molar-refractivity contribution is 5.87. The molecule has 2 aromatic carbocycles. The molecular formula is C21H18FN9O. The summed E-state index contributed by atoms with van der Waals surface area (Å²) in [6.45, 7) is 1.94. The molecule has 0 saturated carbocycles. The zero-order valence-corrected chi connectivity index (χ0v) is 17.5. The first-order valence-corrected chi connectivity index (χ1v) is 9.70. The van der Waals surface area contributed by atoms with Gasteiger partial charge in [-0.15, -0.1) is 5.10 Å². The fourth-order valence-electron chi connectivity index (χ4n) is 3.27. The van der Waals surface area contributed by atoms with E-state index in [1.54, 1.807) is 4.68 Å². The zero-order chi connectivity index (χ0) is 22.2. The molecule has 0 aliphatic heterocycles. The summed E-state index contributed by atoms with van der Waals surface area (Å²) in [5.74, 6) is 1.75. The lowest BCUT2D eigenvalue weighted by Gasteiger charge is -2.13. The Bertz CT molecular complexity index is 1450. The van der Waals surface area contributed by atoms with Crippen molar-refractivity contribution in [1.29, 1.82) is 0 Å². The Hall–Kier alpha value is -4.41. The van der Waals surface area contributed by atoms with Crippen LogP contribution in [-0.2, 0) is 7.05 Å². The molecule has 0 radical (unpaired) electrons. The van der Waals surface area contributed by atoms with Crippen molar-refractivity contribution in [3.8, 4) is 11.5 Å². The van der Waals surface area contributed by atoms with E-state index in [1.807, 2.05) is 50.4 Å². The molecule has 0 amide bonds. The molecule has 10 nitrogen and oxygen atoms in total. The van der Waals surface area contributed by atoms with Crippen LogP contribution in [-0.4, -0.2) is 42.0 Å². The van der Waals surface area contributed by atoms with Crippen molar-refractivity contribution in [1.82, 2.24) is 34.9 Å². The zero-order valence-electron chi connectivity index (χ0n) is 17.5. The number of nitrogens with zero attached hydrogens (tertiary/aromatic N) is 8. The number of aromatic nitrogens is 7. The number of rotatable bonds is 5. The topological polar surface area (TPSA) is 107 Å². The molecule has 0 aliphatic rings. The van der Waals surface area contributed by atoms with Crippen LogP contribution in [0.4, 0.5) is 21.9 Å². The first kappa shape index (κ1) is 19.5. The van der Waals surface area contributed by atoms with Crippen LogP contribution in [0.3, 0.4) is 0 Å². The molecule has 3 heterocycles. The van der Waals surface area contributed by atoms with E-state index in [0.29, 0.717) is 33.5 Å². The average molecular weight is 431 g/mol. The normalized spacial score (nSPS) is 11.1. The number of halogens is 1. The van der Waals surface area contributed by atoms with Crippen LogP contribution in [0.15, 0.2) is 48.9 Å². The average Bonchev–Trinajstić information content (AvgIpc) is 3.15. The SMILES string of the molecule is Cc1cc(Nc2ncnc3cnc(N(C)F)nc23)ccc1Oc1ccc2c(c1)nnn2C. The number of benzene rings is 2. The van der Waals surface area contributed by atoms with Gasteiger partial charge in [-0.05, 0) is 42.8 Å². The Morgan fingerprint density at radius 2 is 1.94 bits per heavy atom. The van der Waals surface area contributed by atoms with E-state index >= 15 is 0 Å². The molecule has 0 spiro atoms. The Balaban J connectivity index is 1.41. The second-order valence-electron chi connectivity index (χ2n) is 7.17. The first-order chi connectivity index (χ1) is 15.5. The van der Waals surface area contributed by atoms with Crippen LogP contribution < -0.4 is 15.2 Å². The van der Waals surface area contributed by atoms with E-state index in [4.69, 9.17) is 4.74 Å². The van der Waals surface area contributed by atoms with Gasteiger partial charge in [0.25, 0.3) is 5.95 Å². The van der Waals surface area contributed by atoms with Crippen LogP contribution in [0, 0.1) is 6.92 Å². The maximum absolute atomic E-state index is 13.5. The van der Waals surface area contributed by atoms with Crippen LogP contribution >= 0.6 is 0 Å². The molecular weight excluding hydrogens is 413 g/mol. The Morgan fingerprint density at radius 3 is 2.75 bits per heavy atom. The number of hydrogen-bond donors (Lipinski definition) is 1. The quantitative estimate of drug-likeness (QED) is 0.415. The first-order valence-electron chi connectivity index (χ1n) is 9.70. The van der Waals surface area contributed by atoms with Crippen molar-refractivity contribution in [3.05, 3.63) is 54.5 Å². The molecule has 5 aromatic rings. The number of ether oxygens (including phenoxy) is 1. The maximum atomic E-state index is 13.5. The minimum absolute atomic E-state index is 0.0737. The van der Waals surface area contributed by atoms with E-state index in [1.165, 1.54) is 19.6 Å². The predicted molar refractivity (Wildman–Crippen MR) is 118 cm³/mol. The van der Waals surface area contributed by atoms with Crippen LogP contribution in [0.2, 0.25) is 0 Å². The molecule has 0 fully saturated rings. The number of hydrogen-bond acceptors (Lipinski definition) is 9. The number of anilines is 3. The van der Waals surface area contributed by atoms with Gasteiger partial charge in [0, 0.05) is 25.8 Å². The summed E-state index contributed by atoms with van der Waals surface area (Å²) in [6, 6.07) is 11.3. The van der Waals surface area contributed by atoms with Crippen molar-refractivity contribution in [2.75, 3.05) is 17.5 Å². The van der Waals surface area contributed by atoms with E-state index < -0.39 is 0 Å². The van der Waals surface area contributed by atoms with Gasteiger partial charge in [0.1, 0.15) is 34.4 Å². The van der Waals surface area contributed by atoms with E-state index in [0.717, 1.165) is 22.3 Å². The molecule has 3 aromatic heterocycles. The summed E-state index contributed by atoms with van der Waals surface area (Å²) in [5.41, 5.74) is 4.29. The highest BCUT2D eigenvalue weighted by Gasteiger charge is 2.12. The van der Waals surface area contributed by atoms with E-state index in [2.05, 4.69) is 35.6 Å². The molecule has 0 saturated heterocycles. The van der Waals surface area contributed by atoms with Crippen LogP contribution in [0.5, 0.6) is 11.5 Å². The summed E-state index contributed by atoms with van der Waals surface area (Å²) in [5, 5.41) is 11.7. The lowest BCUT2D eigenvalue weighted by Crippen LogP contribution is -2.08. The highest BCUT2D eigenvalue weighted by Crippen LogP contribution is 2.30. The van der Waals surface area contributed by atoms with Crippen molar-refractivity contribution in [2.24, 2.45) is 7.05 Å². The molecule has 0 atom stereocenters. The van der Waals surface area contributed by atoms with Crippen molar-refractivity contribution >= 4 is 39.5 Å². The largest absolute Gasteiger partial charge is 0.457 e. The third kappa shape index (κ3) is 3.60. The smallest absolute Gasteiger partial charge is 0.254 e. The fraction of sp³-hybridized carbons (Fsp3) is 0.143. The van der Waals surface area contributed by atoms with Crippen molar-refractivity contribution in [2.45, 2.75) is 6.92 Å².